The predicted octanol–water partition coefficient (Wildman–Crippen LogP) is 4.27. The summed E-state index contributed by atoms with van der Waals surface area (Å²) in [6, 6.07) is 5.35. The summed E-state index contributed by atoms with van der Waals surface area (Å²) in [6.45, 7) is 4.42. The molecule has 0 fully saturated rings. The zero-order chi connectivity index (χ0) is 12.3. The molecule has 0 aliphatic rings. The summed E-state index contributed by atoms with van der Waals surface area (Å²) >= 11 is 13.7. The van der Waals surface area contributed by atoms with Crippen LogP contribution in [0.4, 0.5) is 5.69 Å². The zero-order valence-electron chi connectivity index (χ0n) is 8.94. The van der Waals surface area contributed by atoms with Crippen LogP contribution in [0.5, 0.6) is 0 Å². The van der Waals surface area contributed by atoms with Crippen molar-refractivity contribution in [1.82, 2.24) is 4.57 Å². The van der Waals surface area contributed by atoms with Crippen LogP contribution in [0.3, 0.4) is 0 Å². The lowest BCUT2D eigenvalue weighted by Gasteiger charge is -2.01. The van der Waals surface area contributed by atoms with Crippen LogP contribution in [-0.4, -0.2) is 4.57 Å². The van der Waals surface area contributed by atoms with Crippen LogP contribution in [0.2, 0.25) is 10.0 Å². The largest absolute Gasteiger partial charge is 0.320 e. The van der Waals surface area contributed by atoms with Gasteiger partial charge in [0, 0.05) is 18.1 Å². The van der Waals surface area contributed by atoms with E-state index in [1.54, 1.807) is 18.2 Å². The molecule has 0 bridgehead atoms. The number of hydrogen-bond acceptors (Lipinski definition) is 2. The van der Waals surface area contributed by atoms with E-state index < -0.39 is 0 Å². The number of benzene rings is 1. The highest BCUT2D eigenvalue weighted by Crippen LogP contribution is 2.32. The summed E-state index contributed by atoms with van der Waals surface area (Å²) in [5, 5.41) is 3.07. The van der Waals surface area contributed by atoms with E-state index in [9.17, 15) is 0 Å². The van der Waals surface area contributed by atoms with Crippen molar-refractivity contribution < 1.29 is 0 Å². The van der Waals surface area contributed by atoms with Crippen molar-refractivity contribution >= 4 is 40.2 Å². The number of nitrogens with zero attached hydrogens (tertiary/aromatic N) is 2. The van der Waals surface area contributed by atoms with E-state index in [0.29, 0.717) is 22.3 Å². The van der Waals surface area contributed by atoms with Gasteiger partial charge in [-0.1, -0.05) is 35.3 Å². The Balaban J connectivity index is 2.55. The molecule has 2 aromatic rings. The normalized spacial score (nSPS) is 11.8. The molecule has 17 heavy (non-hydrogen) atoms. The molecule has 1 aromatic carbocycles. The summed E-state index contributed by atoms with van der Waals surface area (Å²) in [7, 11) is 0. The first-order valence-corrected chi connectivity index (χ1v) is 6.59. The minimum atomic E-state index is 0.552. The van der Waals surface area contributed by atoms with E-state index in [1.807, 2.05) is 22.2 Å². The summed E-state index contributed by atoms with van der Waals surface area (Å²) < 4.78 is 1.98. The standard InChI is InChI=1S/C12H10Cl2N2S/c1-2-6-16-7-8-17-12(16)15-11-9(13)4-3-5-10(11)14/h2-5,7-8H,1,6H2. The van der Waals surface area contributed by atoms with Gasteiger partial charge in [-0.3, -0.25) is 0 Å². The fourth-order valence-electron chi connectivity index (χ4n) is 1.36. The Kier molecular flexibility index (Phi) is 4.05. The van der Waals surface area contributed by atoms with Crippen LogP contribution in [0.15, 0.2) is 47.4 Å². The molecule has 1 aromatic heterocycles. The van der Waals surface area contributed by atoms with E-state index in [-0.39, 0.29) is 0 Å². The van der Waals surface area contributed by atoms with Crippen molar-refractivity contribution in [3.8, 4) is 0 Å². The number of para-hydroxylation sites is 1. The van der Waals surface area contributed by atoms with E-state index >= 15 is 0 Å². The number of aromatic nitrogens is 1. The van der Waals surface area contributed by atoms with Gasteiger partial charge in [-0.2, -0.15) is 0 Å². The van der Waals surface area contributed by atoms with Gasteiger partial charge in [-0.05, 0) is 12.1 Å². The molecule has 0 saturated carbocycles. The molecule has 5 heteroatoms. The Hall–Kier alpha value is -1.03. The molecule has 2 rings (SSSR count). The number of hydrogen-bond donors (Lipinski definition) is 0. The molecular weight excluding hydrogens is 275 g/mol. The second-order valence-electron chi connectivity index (χ2n) is 3.31. The lowest BCUT2D eigenvalue weighted by Crippen LogP contribution is -2.12. The third kappa shape index (κ3) is 2.80. The Morgan fingerprint density at radius 3 is 2.71 bits per heavy atom. The van der Waals surface area contributed by atoms with Gasteiger partial charge >= 0.3 is 0 Å². The molecule has 88 valence electrons. The highest BCUT2D eigenvalue weighted by Gasteiger charge is 2.04. The van der Waals surface area contributed by atoms with Gasteiger partial charge in [0.25, 0.3) is 0 Å². The van der Waals surface area contributed by atoms with Gasteiger partial charge < -0.3 is 4.57 Å². The zero-order valence-corrected chi connectivity index (χ0v) is 11.3. The lowest BCUT2D eigenvalue weighted by atomic mass is 10.3. The van der Waals surface area contributed by atoms with E-state index in [1.165, 1.54) is 11.3 Å². The quantitative estimate of drug-likeness (QED) is 0.749. The van der Waals surface area contributed by atoms with E-state index in [4.69, 9.17) is 23.2 Å². The molecule has 0 radical (unpaired) electrons. The summed E-state index contributed by atoms with van der Waals surface area (Å²) in [4.78, 5) is 5.34. The number of rotatable bonds is 3. The van der Waals surface area contributed by atoms with Gasteiger partial charge in [-0.15, -0.1) is 17.9 Å². The maximum absolute atomic E-state index is 6.07. The molecule has 2 nitrogen and oxygen atoms in total. The van der Waals surface area contributed by atoms with Gasteiger partial charge in [0.1, 0.15) is 5.69 Å². The topological polar surface area (TPSA) is 17.3 Å². The smallest absolute Gasteiger partial charge is 0.190 e. The van der Waals surface area contributed by atoms with Gasteiger partial charge in [-0.25, -0.2) is 4.99 Å². The molecule has 1 heterocycles. The molecule has 0 aliphatic carbocycles. The van der Waals surface area contributed by atoms with E-state index in [2.05, 4.69) is 11.6 Å². The lowest BCUT2D eigenvalue weighted by molar-refractivity contribution is 0.792. The van der Waals surface area contributed by atoms with Gasteiger partial charge in [0.15, 0.2) is 4.80 Å². The van der Waals surface area contributed by atoms with Gasteiger partial charge in [0.2, 0.25) is 0 Å². The second-order valence-corrected chi connectivity index (χ2v) is 5.00. The Bertz CT molecular complexity index is 578. The van der Waals surface area contributed by atoms with Crippen LogP contribution in [0, 0.1) is 0 Å². The van der Waals surface area contributed by atoms with Crippen LogP contribution in [0.1, 0.15) is 0 Å². The van der Waals surface area contributed by atoms with Crippen molar-refractivity contribution in [3.63, 3.8) is 0 Å². The SMILES string of the molecule is C=CCn1ccsc1=Nc1c(Cl)cccc1Cl. The third-order valence-electron chi connectivity index (χ3n) is 2.13. The first-order chi connectivity index (χ1) is 8.22. The average molecular weight is 285 g/mol. The van der Waals surface area contributed by atoms with Crippen molar-refractivity contribution in [2.24, 2.45) is 4.99 Å². The number of allylic oxidation sites excluding steroid dienone is 1. The number of halogens is 2. The fourth-order valence-corrected chi connectivity index (χ4v) is 2.58. The fraction of sp³-hybridized carbons (Fsp3) is 0.0833. The predicted molar refractivity (Wildman–Crippen MR) is 74.2 cm³/mol. The molecular formula is C12H10Cl2N2S. The summed E-state index contributed by atoms with van der Waals surface area (Å²) in [5.41, 5.74) is 0.607. The summed E-state index contributed by atoms with van der Waals surface area (Å²) in [6.07, 6.45) is 3.77. The van der Waals surface area contributed by atoms with E-state index in [0.717, 1.165) is 4.80 Å². The Morgan fingerprint density at radius 1 is 1.35 bits per heavy atom. The van der Waals surface area contributed by atoms with Crippen LogP contribution >= 0.6 is 34.5 Å². The van der Waals surface area contributed by atoms with Gasteiger partial charge in [0.05, 0.1) is 10.0 Å². The Labute approximate surface area is 113 Å². The van der Waals surface area contributed by atoms with Crippen molar-refractivity contribution in [3.05, 3.63) is 57.3 Å². The molecule has 0 amide bonds. The first kappa shape index (κ1) is 12.4. The highest BCUT2D eigenvalue weighted by atomic mass is 35.5. The third-order valence-corrected chi connectivity index (χ3v) is 3.54. The van der Waals surface area contributed by atoms with Crippen molar-refractivity contribution in [1.29, 1.82) is 0 Å². The minimum absolute atomic E-state index is 0.552. The van der Waals surface area contributed by atoms with Crippen LogP contribution in [0.25, 0.3) is 0 Å². The second kappa shape index (κ2) is 5.54. The Morgan fingerprint density at radius 2 is 2.06 bits per heavy atom. The summed E-state index contributed by atoms with van der Waals surface area (Å²) in [5.74, 6) is 0. The monoisotopic (exact) mass is 284 g/mol. The molecule has 0 aliphatic heterocycles. The van der Waals surface area contributed by atoms with Crippen molar-refractivity contribution in [2.75, 3.05) is 0 Å². The van der Waals surface area contributed by atoms with Crippen LogP contribution in [-0.2, 0) is 6.54 Å². The molecule has 0 spiro atoms. The average Bonchev–Trinajstić information content (AvgIpc) is 2.72. The molecule has 0 N–H and O–H groups in total. The first-order valence-electron chi connectivity index (χ1n) is 4.96. The molecule has 0 atom stereocenters. The number of thiazole rings is 1. The maximum atomic E-state index is 6.07. The van der Waals surface area contributed by atoms with Crippen LogP contribution < -0.4 is 4.80 Å². The minimum Gasteiger partial charge on any atom is -0.320 e. The molecule has 0 unspecified atom stereocenters. The van der Waals surface area contributed by atoms with Crippen molar-refractivity contribution in [2.45, 2.75) is 6.54 Å². The highest BCUT2D eigenvalue weighted by molar-refractivity contribution is 7.07. The molecule has 0 saturated heterocycles. The maximum Gasteiger partial charge on any atom is 0.190 e.